The van der Waals surface area contributed by atoms with E-state index in [9.17, 15) is 0 Å². The van der Waals surface area contributed by atoms with Gasteiger partial charge >= 0.3 is 0 Å². The summed E-state index contributed by atoms with van der Waals surface area (Å²) in [6.45, 7) is 8.74. The van der Waals surface area contributed by atoms with Crippen LogP contribution in [0, 0.1) is 13.8 Å². The third kappa shape index (κ3) is 5.35. The first kappa shape index (κ1) is 17.5. The summed E-state index contributed by atoms with van der Waals surface area (Å²) in [5.41, 5.74) is 2.28. The topological polar surface area (TPSA) is 67.1 Å². The predicted octanol–water partition coefficient (Wildman–Crippen LogP) is 2.27. The highest BCUT2D eigenvalue weighted by atomic mass is 32.1. The second kappa shape index (κ2) is 8.67. The first-order valence-electron chi connectivity index (χ1n) is 8.01. The van der Waals surface area contributed by atoms with Crippen LogP contribution in [-0.4, -0.2) is 34.3 Å². The average molecular weight is 334 g/mol. The molecule has 0 saturated carbocycles. The molecular formula is C16H26N6S. The minimum atomic E-state index is 0.710. The van der Waals surface area contributed by atoms with Crippen LogP contribution in [0.3, 0.4) is 0 Å². The summed E-state index contributed by atoms with van der Waals surface area (Å²) in [4.78, 5) is 9.96. The fourth-order valence-electron chi connectivity index (χ4n) is 2.31. The van der Waals surface area contributed by atoms with Crippen molar-refractivity contribution < 1.29 is 0 Å². The molecule has 0 unspecified atom stereocenters. The van der Waals surface area contributed by atoms with E-state index in [0.29, 0.717) is 6.54 Å². The van der Waals surface area contributed by atoms with E-state index in [1.165, 1.54) is 10.6 Å². The zero-order valence-electron chi connectivity index (χ0n) is 14.4. The van der Waals surface area contributed by atoms with Crippen LogP contribution < -0.4 is 10.6 Å². The molecule has 2 aromatic heterocycles. The van der Waals surface area contributed by atoms with Crippen molar-refractivity contribution in [2.45, 2.75) is 46.7 Å². The molecule has 0 aliphatic rings. The molecule has 0 aliphatic carbocycles. The lowest BCUT2D eigenvalue weighted by Crippen LogP contribution is -2.37. The number of hydrogen-bond acceptors (Lipinski definition) is 4. The summed E-state index contributed by atoms with van der Waals surface area (Å²) in [5, 5.41) is 12.2. The van der Waals surface area contributed by atoms with Gasteiger partial charge in [0, 0.05) is 36.9 Å². The molecule has 0 atom stereocenters. The van der Waals surface area contributed by atoms with Gasteiger partial charge in [-0.2, -0.15) is 5.10 Å². The van der Waals surface area contributed by atoms with E-state index < -0.39 is 0 Å². The van der Waals surface area contributed by atoms with Crippen LogP contribution >= 0.6 is 11.3 Å². The number of rotatable bonds is 7. The van der Waals surface area contributed by atoms with Crippen LogP contribution in [0.2, 0.25) is 0 Å². The van der Waals surface area contributed by atoms with Gasteiger partial charge in [0.25, 0.3) is 0 Å². The molecule has 0 radical (unpaired) electrons. The second-order valence-electron chi connectivity index (χ2n) is 5.43. The van der Waals surface area contributed by atoms with Crippen LogP contribution in [0.5, 0.6) is 0 Å². The lowest BCUT2D eigenvalue weighted by molar-refractivity contribution is 0.555. The Balaban J connectivity index is 1.69. The van der Waals surface area contributed by atoms with Gasteiger partial charge in [-0.3, -0.25) is 9.67 Å². The lowest BCUT2D eigenvalue weighted by Gasteiger charge is -2.11. The Labute approximate surface area is 142 Å². The number of aryl methyl sites for hydroxylation is 4. The third-order valence-electron chi connectivity index (χ3n) is 3.52. The molecule has 23 heavy (non-hydrogen) atoms. The van der Waals surface area contributed by atoms with Crippen LogP contribution in [-0.2, 0) is 19.5 Å². The van der Waals surface area contributed by atoms with Crippen molar-refractivity contribution in [1.82, 2.24) is 25.4 Å². The second-order valence-corrected chi connectivity index (χ2v) is 6.63. The Bertz CT molecular complexity index is 643. The zero-order chi connectivity index (χ0) is 16.7. The first-order chi connectivity index (χ1) is 11.1. The van der Waals surface area contributed by atoms with Crippen LogP contribution in [0.25, 0.3) is 0 Å². The van der Waals surface area contributed by atoms with Gasteiger partial charge in [0.15, 0.2) is 5.96 Å². The van der Waals surface area contributed by atoms with Gasteiger partial charge in [-0.25, -0.2) is 4.98 Å². The van der Waals surface area contributed by atoms with Gasteiger partial charge < -0.3 is 10.6 Å². The van der Waals surface area contributed by atoms with E-state index in [4.69, 9.17) is 0 Å². The summed E-state index contributed by atoms with van der Waals surface area (Å²) in [7, 11) is 1.79. The standard InChI is InChI=1S/C16H26N6S/c1-5-14-10-19-15(23-14)11-20-16(17-4)18-7-6-8-22-13(3)9-12(2)21-22/h9-10H,5-8,11H2,1-4H3,(H2,17,18,20). The zero-order valence-corrected chi connectivity index (χ0v) is 15.2. The maximum atomic E-state index is 4.47. The molecule has 126 valence electrons. The molecule has 2 aromatic rings. The summed E-state index contributed by atoms with van der Waals surface area (Å²) in [5.74, 6) is 0.812. The number of thiazole rings is 1. The minimum Gasteiger partial charge on any atom is -0.356 e. The molecule has 2 heterocycles. The van der Waals surface area contributed by atoms with Gasteiger partial charge in [-0.05, 0) is 32.8 Å². The fraction of sp³-hybridized carbons (Fsp3) is 0.562. The number of nitrogens with one attached hydrogen (secondary N) is 2. The number of guanidine groups is 1. The van der Waals surface area contributed by atoms with Crippen LogP contribution in [0.1, 0.15) is 34.6 Å². The molecule has 0 saturated heterocycles. The third-order valence-corrected chi connectivity index (χ3v) is 4.66. The molecule has 6 nitrogen and oxygen atoms in total. The van der Waals surface area contributed by atoms with Crippen molar-refractivity contribution in [2.75, 3.05) is 13.6 Å². The van der Waals surface area contributed by atoms with E-state index >= 15 is 0 Å². The molecule has 0 aliphatic heterocycles. The number of aliphatic imine (C=N–C) groups is 1. The fourth-order valence-corrected chi connectivity index (χ4v) is 3.11. The van der Waals surface area contributed by atoms with Gasteiger partial charge in [0.05, 0.1) is 12.2 Å². The Hall–Kier alpha value is -1.89. The van der Waals surface area contributed by atoms with Gasteiger partial charge in [0.1, 0.15) is 5.01 Å². The molecule has 2 rings (SSSR count). The Kier molecular flexibility index (Phi) is 6.58. The molecule has 0 spiro atoms. The SMILES string of the molecule is CCc1cnc(CNC(=NC)NCCCn2nc(C)cc2C)s1. The first-order valence-corrected chi connectivity index (χ1v) is 8.83. The quantitative estimate of drug-likeness (QED) is 0.463. The molecule has 7 heteroatoms. The minimum absolute atomic E-state index is 0.710. The van der Waals surface area contributed by atoms with Gasteiger partial charge in [-0.15, -0.1) is 11.3 Å². The number of aromatic nitrogens is 3. The summed E-state index contributed by atoms with van der Waals surface area (Å²) >= 11 is 1.75. The van der Waals surface area contributed by atoms with E-state index in [0.717, 1.165) is 42.6 Å². The van der Waals surface area contributed by atoms with Gasteiger partial charge in [-0.1, -0.05) is 6.92 Å². The maximum absolute atomic E-state index is 4.47. The number of nitrogens with zero attached hydrogens (tertiary/aromatic N) is 4. The molecule has 0 fully saturated rings. The Morgan fingerprint density at radius 3 is 2.78 bits per heavy atom. The van der Waals surface area contributed by atoms with Gasteiger partial charge in [0.2, 0.25) is 0 Å². The summed E-state index contributed by atoms with van der Waals surface area (Å²) < 4.78 is 2.05. The van der Waals surface area contributed by atoms with E-state index in [-0.39, 0.29) is 0 Å². The molecule has 0 amide bonds. The monoisotopic (exact) mass is 334 g/mol. The average Bonchev–Trinajstić information content (AvgIpc) is 3.12. The summed E-state index contributed by atoms with van der Waals surface area (Å²) in [6, 6.07) is 2.10. The highest BCUT2D eigenvalue weighted by molar-refractivity contribution is 7.11. The van der Waals surface area contributed by atoms with Crippen LogP contribution in [0.15, 0.2) is 17.3 Å². The van der Waals surface area contributed by atoms with Crippen molar-refractivity contribution in [3.05, 3.63) is 33.5 Å². The lowest BCUT2D eigenvalue weighted by atomic mass is 10.4. The summed E-state index contributed by atoms with van der Waals surface area (Å²) in [6.07, 6.45) is 3.99. The highest BCUT2D eigenvalue weighted by Crippen LogP contribution is 2.12. The van der Waals surface area contributed by atoms with E-state index in [2.05, 4.69) is 50.3 Å². The van der Waals surface area contributed by atoms with Crippen LogP contribution in [0.4, 0.5) is 0 Å². The molecule has 0 aromatic carbocycles. The van der Waals surface area contributed by atoms with Crippen molar-refractivity contribution in [2.24, 2.45) is 4.99 Å². The molecular weight excluding hydrogens is 308 g/mol. The smallest absolute Gasteiger partial charge is 0.191 e. The normalized spacial score (nSPS) is 11.7. The Morgan fingerprint density at radius 1 is 1.35 bits per heavy atom. The van der Waals surface area contributed by atoms with E-state index in [1.54, 1.807) is 18.4 Å². The van der Waals surface area contributed by atoms with Crippen molar-refractivity contribution in [1.29, 1.82) is 0 Å². The van der Waals surface area contributed by atoms with E-state index in [1.807, 2.05) is 13.1 Å². The van der Waals surface area contributed by atoms with Crippen molar-refractivity contribution in [3.8, 4) is 0 Å². The molecule has 2 N–H and O–H groups in total. The van der Waals surface area contributed by atoms with Crippen molar-refractivity contribution in [3.63, 3.8) is 0 Å². The predicted molar refractivity (Wildman–Crippen MR) is 96.0 cm³/mol. The molecule has 0 bridgehead atoms. The maximum Gasteiger partial charge on any atom is 0.191 e. The largest absolute Gasteiger partial charge is 0.356 e. The highest BCUT2D eigenvalue weighted by Gasteiger charge is 2.03. The van der Waals surface area contributed by atoms with Crippen molar-refractivity contribution >= 4 is 17.3 Å². The number of hydrogen-bond donors (Lipinski definition) is 2. The Morgan fingerprint density at radius 2 is 2.17 bits per heavy atom.